The van der Waals surface area contributed by atoms with Gasteiger partial charge in [-0.05, 0) is 80.3 Å². The van der Waals surface area contributed by atoms with E-state index in [-0.39, 0.29) is 12.1 Å². The van der Waals surface area contributed by atoms with Crippen LogP contribution in [0.25, 0.3) is 44.4 Å². The molecule has 7 aromatic rings. The molecule has 0 N–H and O–H groups in total. The molecule has 174 valence electrons. The van der Waals surface area contributed by atoms with Gasteiger partial charge in [0.25, 0.3) is 0 Å². The normalized spacial score (nSPS) is 13.0. The minimum atomic E-state index is 0.0996. The molecule has 37 heavy (non-hydrogen) atoms. The summed E-state index contributed by atoms with van der Waals surface area (Å²) in [6, 6.07) is 43.2. The van der Waals surface area contributed by atoms with E-state index in [1.807, 2.05) is 54.6 Å². The molecule has 0 bridgehead atoms. The van der Waals surface area contributed by atoms with Crippen LogP contribution >= 0.6 is 0 Å². The first kappa shape index (κ1) is 19.3. The molecule has 0 unspecified atom stereocenters. The topological polar surface area (TPSA) is 16.1 Å². The molecule has 0 saturated heterocycles. The van der Waals surface area contributed by atoms with Gasteiger partial charge in [-0.25, -0.2) is 0 Å². The Morgan fingerprint density at radius 1 is 0.514 bits per heavy atom. The van der Waals surface area contributed by atoms with Crippen molar-refractivity contribution in [1.82, 2.24) is 4.98 Å². The molecule has 0 aliphatic carbocycles. The number of aromatic nitrogens is 1. The molecule has 0 radical (unpaired) electrons. The zero-order chi connectivity index (χ0) is 26.3. The predicted molar refractivity (Wildman–Crippen MR) is 158 cm³/mol. The van der Waals surface area contributed by atoms with Gasteiger partial charge in [0.15, 0.2) is 0 Å². The summed E-state index contributed by atoms with van der Waals surface area (Å²) in [5, 5.41) is 6.85. The van der Waals surface area contributed by atoms with Crippen LogP contribution in [0.2, 0.25) is 0 Å². The van der Waals surface area contributed by atoms with Crippen LogP contribution < -0.4 is 4.90 Å². The van der Waals surface area contributed by atoms with Gasteiger partial charge in [-0.2, -0.15) is 0 Å². The van der Waals surface area contributed by atoms with Crippen molar-refractivity contribution in [3.05, 3.63) is 145 Å². The number of anilines is 3. The first-order chi connectivity index (χ1) is 19.2. The van der Waals surface area contributed by atoms with Crippen LogP contribution in [-0.2, 0) is 0 Å². The van der Waals surface area contributed by atoms with Crippen molar-refractivity contribution >= 4 is 61.5 Å². The summed E-state index contributed by atoms with van der Waals surface area (Å²) in [6.45, 7) is 0. The molecule has 2 nitrogen and oxygen atoms in total. The maximum atomic E-state index is 9.02. The Hall–Kier alpha value is -4.95. The van der Waals surface area contributed by atoms with Crippen LogP contribution in [0.1, 0.15) is 14.0 Å². The Labute approximate surface area is 218 Å². The lowest BCUT2D eigenvalue weighted by atomic mass is 9.92. The summed E-state index contributed by atoms with van der Waals surface area (Å²) in [5.74, 6) is 0. The molecule has 0 aliphatic rings. The summed E-state index contributed by atoms with van der Waals surface area (Å²) >= 11 is 0. The molecule has 0 aliphatic heterocycles. The van der Waals surface area contributed by atoms with Crippen molar-refractivity contribution in [3.63, 3.8) is 0 Å². The number of hydrogen-bond donors (Lipinski definition) is 0. The number of hydrogen-bond acceptors (Lipinski definition) is 2. The maximum absolute atomic E-state index is 9.02. The number of nitrogens with zero attached hydrogens (tertiary/aromatic N) is 2. The van der Waals surface area contributed by atoms with Gasteiger partial charge in [-0.1, -0.05) is 97.0 Å². The molecule has 0 atom stereocenters. The Morgan fingerprint density at radius 2 is 1.14 bits per heavy atom. The molecule has 0 spiro atoms. The third-order valence-corrected chi connectivity index (χ3v) is 6.89. The SMILES string of the molecule is [2H]/C(=C(/[2H])c1ccc2ccc3cccc4ccc1c2c34)c1ccc(N(c2ccccc2)c2ccccc2)cn1. The Bertz CT molecular complexity index is 1910. The highest BCUT2D eigenvalue weighted by Crippen LogP contribution is 2.37. The average molecular weight is 475 g/mol. The third kappa shape index (κ3) is 3.80. The molecule has 1 aromatic heterocycles. The van der Waals surface area contributed by atoms with Gasteiger partial charge in [-0.15, -0.1) is 0 Å². The minimum Gasteiger partial charge on any atom is -0.309 e. The summed E-state index contributed by atoms with van der Waals surface area (Å²) < 4.78 is 17.9. The molecule has 6 aromatic carbocycles. The summed E-state index contributed by atoms with van der Waals surface area (Å²) in [4.78, 5) is 6.78. The van der Waals surface area contributed by atoms with E-state index in [1.54, 1.807) is 6.20 Å². The average Bonchev–Trinajstić information content (AvgIpc) is 3.01. The molecule has 0 saturated carbocycles. The van der Waals surface area contributed by atoms with E-state index in [0.29, 0.717) is 5.69 Å². The van der Waals surface area contributed by atoms with Crippen molar-refractivity contribution in [3.8, 4) is 0 Å². The first-order valence-electron chi connectivity index (χ1n) is 13.4. The lowest BCUT2D eigenvalue weighted by Crippen LogP contribution is -2.09. The maximum Gasteiger partial charge on any atom is 0.0646 e. The Kier molecular flexibility index (Phi) is 4.65. The molecule has 1 heterocycles. The number of benzene rings is 6. The van der Waals surface area contributed by atoms with Crippen LogP contribution in [0.4, 0.5) is 17.1 Å². The Morgan fingerprint density at radius 3 is 1.78 bits per heavy atom. The van der Waals surface area contributed by atoms with E-state index in [0.717, 1.165) is 38.8 Å². The molecule has 2 heteroatoms. The second-order valence-electron chi connectivity index (χ2n) is 9.13. The van der Waals surface area contributed by atoms with Crippen molar-refractivity contribution in [1.29, 1.82) is 0 Å². The van der Waals surface area contributed by atoms with E-state index in [2.05, 4.69) is 82.7 Å². The van der Waals surface area contributed by atoms with Crippen molar-refractivity contribution in [2.75, 3.05) is 4.90 Å². The molecule has 7 rings (SSSR count). The molecule has 0 amide bonds. The highest BCUT2D eigenvalue weighted by molar-refractivity contribution is 6.24. The van der Waals surface area contributed by atoms with Crippen LogP contribution in [-0.4, -0.2) is 4.98 Å². The van der Waals surface area contributed by atoms with Gasteiger partial charge in [0.1, 0.15) is 0 Å². The zero-order valence-corrected chi connectivity index (χ0v) is 20.1. The third-order valence-electron chi connectivity index (χ3n) is 6.89. The minimum absolute atomic E-state index is 0.0996. The number of pyridine rings is 1. The highest BCUT2D eigenvalue weighted by atomic mass is 15.1. The monoisotopic (exact) mass is 474 g/mol. The molecular weight excluding hydrogens is 448 g/mol. The predicted octanol–water partition coefficient (Wildman–Crippen LogP) is 9.62. The lowest BCUT2D eigenvalue weighted by Gasteiger charge is -2.25. The second-order valence-corrected chi connectivity index (χ2v) is 9.13. The van der Waals surface area contributed by atoms with E-state index in [9.17, 15) is 0 Å². The zero-order valence-electron chi connectivity index (χ0n) is 22.1. The van der Waals surface area contributed by atoms with E-state index >= 15 is 0 Å². The summed E-state index contributed by atoms with van der Waals surface area (Å²) in [5.41, 5.74) is 4.14. The van der Waals surface area contributed by atoms with Crippen LogP contribution in [0.3, 0.4) is 0 Å². The van der Waals surface area contributed by atoms with Crippen LogP contribution in [0, 0.1) is 0 Å². The fourth-order valence-electron chi connectivity index (χ4n) is 5.17. The van der Waals surface area contributed by atoms with Gasteiger partial charge >= 0.3 is 0 Å². The standard InChI is InChI=1S/C35H24N2/c1-3-10-30(11-4-1)37(31-12-5-2-6-13-31)32-22-21-29(36-24-32)20-18-25-14-15-28-17-16-26-8-7-9-27-19-23-33(25)35(28)34(26)27/h1-24H/b20-18+/i18D,20D. The highest BCUT2D eigenvalue weighted by Gasteiger charge is 2.12. The second kappa shape index (κ2) is 8.92. The molecular formula is C35H24N2. The number of para-hydroxylation sites is 2. The van der Waals surface area contributed by atoms with Crippen LogP contribution in [0.15, 0.2) is 134 Å². The fourth-order valence-corrected chi connectivity index (χ4v) is 5.17. The van der Waals surface area contributed by atoms with Crippen molar-refractivity contribution < 1.29 is 2.74 Å². The van der Waals surface area contributed by atoms with Gasteiger partial charge in [0.05, 0.1) is 20.3 Å². The summed E-state index contributed by atoms with van der Waals surface area (Å²) in [7, 11) is 0. The van der Waals surface area contributed by atoms with Crippen LogP contribution in [0.5, 0.6) is 0 Å². The van der Waals surface area contributed by atoms with Crippen molar-refractivity contribution in [2.45, 2.75) is 0 Å². The van der Waals surface area contributed by atoms with Crippen molar-refractivity contribution in [2.24, 2.45) is 0 Å². The van der Waals surface area contributed by atoms with E-state index < -0.39 is 0 Å². The van der Waals surface area contributed by atoms with Gasteiger partial charge < -0.3 is 4.90 Å². The number of rotatable bonds is 5. The van der Waals surface area contributed by atoms with Gasteiger partial charge in [0, 0.05) is 11.4 Å². The lowest BCUT2D eigenvalue weighted by molar-refractivity contribution is 1.22. The van der Waals surface area contributed by atoms with Gasteiger partial charge in [-0.3, -0.25) is 4.98 Å². The van der Waals surface area contributed by atoms with E-state index in [4.69, 9.17) is 2.74 Å². The quantitative estimate of drug-likeness (QED) is 0.231. The fraction of sp³-hybridized carbons (Fsp3) is 0. The van der Waals surface area contributed by atoms with E-state index in [1.165, 1.54) is 16.2 Å². The Balaban J connectivity index is 1.32. The largest absolute Gasteiger partial charge is 0.309 e. The summed E-state index contributed by atoms with van der Waals surface area (Å²) in [6.07, 6.45) is 1.78. The smallest absolute Gasteiger partial charge is 0.0646 e. The molecule has 0 fully saturated rings. The first-order valence-corrected chi connectivity index (χ1v) is 12.4. The van der Waals surface area contributed by atoms with Gasteiger partial charge in [0.2, 0.25) is 0 Å².